The molecule has 0 spiro atoms. The van der Waals surface area contributed by atoms with Crippen molar-refractivity contribution in [3.63, 3.8) is 0 Å². The fourth-order valence-corrected chi connectivity index (χ4v) is 5.11. The highest BCUT2D eigenvalue weighted by Gasteiger charge is 2.28. The highest BCUT2D eigenvalue weighted by atomic mass is 35.5. The second kappa shape index (κ2) is 9.96. The Morgan fingerprint density at radius 3 is 2.47 bits per heavy atom. The summed E-state index contributed by atoms with van der Waals surface area (Å²) in [7, 11) is -4.02. The van der Waals surface area contributed by atoms with Crippen molar-refractivity contribution in [2.75, 3.05) is 24.1 Å². The SMILES string of the molecule is CC1=CCOC(C)=C1COc1ccc(S(=O)(=O)N(CC(C)C)c2cc(Cl)ccc2F)cc1. The number of benzene rings is 2. The van der Waals surface area contributed by atoms with Gasteiger partial charge in [-0.1, -0.05) is 25.4 Å². The minimum atomic E-state index is -4.02. The first-order valence-electron chi connectivity index (χ1n) is 10.3. The van der Waals surface area contributed by atoms with Gasteiger partial charge in [-0.15, -0.1) is 0 Å². The zero-order chi connectivity index (χ0) is 23.5. The predicted molar refractivity (Wildman–Crippen MR) is 125 cm³/mol. The Morgan fingerprint density at radius 2 is 1.84 bits per heavy atom. The number of allylic oxidation sites excluding steroid dienone is 1. The summed E-state index contributed by atoms with van der Waals surface area (Å²) in [5.41, 5.74) is 1.99. The Labute approximate surface area is 194 Å². The zero-order valence-corrected chi connectivity index (χ0v) is 20.1. The third kappa shape index (κ3) is 5.45. The minimum Gasteiger partial charge on any atom is -0.494 e. The fraction of sp³-hybridized carbons (Fsp3) is 0.333. The van der Waals surface area contributed by atoms with Crippen LogP contribution >= 0.6 is 11.6 Å². The molecule has 0 unspecified atom stereocenters. The summed E-state index contributed by atoms with van der Waals surface area (Å²) >= 11 is 6.01. The number of sulfonamides is 1. The summed E-state index contributed by atoms with van der Waals surface area (Å²) in [6.07, 6.45) is 1.99. The van der Waals surface area contributed by atoms with E-state index in [1.165, 1.54) is 30.3 Å². The molecule has 32 heavy (non-hydrogen) atoms. The van der Waals surface area contributed by atoms with Gasteiger partial charge in [-0.2, -0.15) is 0 Å². The Bertz CT molecular complexity index is 1140. The topological polar surface area (TPSA) is 55.8 Å². The van der Waals surface area contributed by atoms with E-state index in [4.69, 9.17) is 21.1 Å². The number of nitrogens with zero attached hydrogens (tertiary/aromatic N) is 1. The van der Waals surface area contributed by atoms with E-state index < -0.39 is 15.8 Å². The average molecular weight is 480 g/mol. The largest absolute Gasteiger partial charge is 0.494 e. The van der Waals surface area contributed by atoms with E-state index in [2.05, 4.69) is 0 Å². The first-order chi connectivity index (χ1) is 15.1. The molecule has 0 N–H and O–H groups in total. The number of ether oxygens (including phenoxy) is 2. The molecule has 0 fully saturated rings. The van der Waals surface area contributed by atoms with Crippen molar-refractivity contribution in [3.8, 4) is 5.75 Å². The summed E-state index contributed by atoms with van der Waals surface area (Å²) in [6.45, 7) is 8.59. The van der Waals surface area contributed by atoms with Crippen LogP contribution in [0.3, 0.4) is 0 Å². The summed E-state index contributed by atoms with van der Waals surface area (Å²) < 4.78 is 53.7. The lowest BCUT2D eigenvalue weighted by molar-refractivity contribution is 0.231. The molecule has 3 rings (SSSR count). The molecule has 172 valence electrons. The van der Waals surface area contributed by atoms with Crippen molar-refractivity contribution in [3.05, 3.63) is 76.3 Å². The zero-order valence-electron chi connectivity index (χ0n) is 18.6. The van der Waals surface area contributed by atoms with Crippen LogP contribution in [0.2, 0.25) is 5.02 Å². The molecule has 0 saturated heterocycles. The smallest absolute Gasteiger partial charge is 0.264 e. The van der Waals surface area contributed by atoms with Crippen LogP contribution < -0.4 is 9.04 Å². The molecule has 0 atom stereocenters. The van der Waals surface area contributed by atoms with E-state index in [0.717, 1.165) is 21.2 Å². The third-order valence-corrected chi connectivity index (χ3v) is 7.12. The number of halogens is 2. The normalized spacial score (nSPS) is 14.3. The molecular weight excluding hydrogens is 453 g/mol. The highest BCUT2D eigenvalue weighted by molar-refractivity contribution is 7.92. The van der Waals surface area contributed by atoms with Crippen LogP contribution in [0.25, 0.3) is 0 Å². The minimum absolute atomic E-state index is 0.0312. The van der Waals surface area contributed by atoms with Crippen LogP contribution in [-0.2, 0) is 14.8 Å². The monoisotopic (exact) mass is 479 g/mol. The lowest BCUT2D eigenvalue weighted by atomic mass is 10.1. The Morgan fingerprint density at radius 1 is 1.16 bits per heavy atom. The molecule has 5 nitrogen and oxygen atoms in total. The predicted octanol–water partition coefficient (Wildman–Crippen LogP) is 5.96. The third-order valence-electron chi connectivity index (χ3n) is 5.09. The quantitative estimate of drug-likeness (QED) is 0.468. The van der Waals surface area contributed by atoms with Crippen molar-refractivity contribution in [2.45, 2.75) is 32.6 Å². The van der Waals surface area contributed by atoms with Crippen LogP contribution in [0.1, 0.15) is 27.7 Å². The lowest BCUT2D eigenvalue weighted by Gasteiger charge is -2.27. The van der Waals surface area contributed by atoms with Crippen LogP contribution in [0.4, 0.5) is 10.1 Å². The van der Waals surface area contributed by atoms with Gasteiger partial charge in [-0.25, -0.2) is 12.8 Å². The van der Waals surface area contributed by atoms with Gasteiger partial charge in [0.2, 0.25) is 0 Å². The molecule has 0 amide bonds. The van der Waals surface area contributed by atoms with E-state index in [-0.39, 0.29) is 28.1 Å². The molecule has 1 aliphatic heterocycles. The molecule has 0 aromatic heterocycles. The maximum absolute atomic E-state index is 14.5. The fourth-order valence-electron chi connectivity index (χ4n) is 3.32. The molecule has 0 radical (unpaired) electrons. The number of hydrogen-bond acceptors (Lipinski definition) is 4. The van der Waals surface area contributed by atoms with E-state index in [1.807, 2.05) is 33.8 Å². The lowest BCUT2D eigenvalue weighted by Crippen LogP contribution is -2.35. The van der Waals surface area contributed by atoms with Gasteiger partial charge < -0.3 is 9.47 Å². The average Bonchev–Trinajstić information content (AvgIpc) is 2.73. The van der Waals surface area contributed by atoms with Crippen molar-refractivity contribution in [2.24, 2.45) is 5.92 Å². The van der Waals surface area contributed by atoms with Crippen molar-refractivity contribution >= 4 is 27.3 Å². The highest BCUT2D eigenvalue weighted by Crippen LogP contribution is 2.31. The van der Waals surface area contributed by atoms with E-state index in [1.54, 1.807) is 12.1 Å². The first-order valence-corrected chi connectivity index (χ1v) is 12.1. The summed E-state index contributed by atoms with van der Waals surface area (Å²) in [5.74, 6) is 0.653. The van der Waals surface area contributed by atoms with Crippen molar-refractivity contribution in [1.82, 2.24) is 0 Å². The van der Waals surface area contributed by atoms with E-state index >= 15 is 0 Å². The summed E-state index contributed by atoms with van der Waals surface area (Å²) in [5, 5.41) is 0.259. The maximum atomic E-state index is 14.5. The van der Waals surface area contributed by atoms with Gasteiger partial charge in [-0.3, -0.25) is 4.31 Å². The van der Waals surface area contributed by atoms with Crippen molar-refractivity contribution in [1.29, 1.82) is 0 Å². The molecular formula is C24H27ClFNO4S. The van der Waals surface area contributed by atoms with Gasteiger partial charge in [0.1, 0.15) is 30.5 Å². The number of anilines is 1. The van der Waals surface area contributed by atoms with Crippen molar-refractivity contribution < 1.29 is 22.3 Å². The molecule has 0 aliphatic carbocycles. The van der Waals surface area contributed by atoms with Gasteiger partial charge in [0.25, 0.3) is 10.0 Å². The van der Waals surface area contributed by atoms with Crippen LogP contribution in [-0.4, -0.2) is 28.2 Å². The van der Waals surface area contributed by atoms with Gasteiger partial charge in [0, 0.05) is 17.1 Å². The molecule has 2 aromatic carbocycles. The van der Waals surface area contributed by atoms with Crippen LogP contribution in [0, 0.1) is 11.7 Å². The van der Waals surface area contributed by atoms with E-state index in [0.29, 0.717) is 19.0 Å². The van der Waals surface area contributed by atoms with Crippen LogP contribution in [0.15, 0.2) is 70.3 Å². The van der Waals surface area contributed by atoms with E-state index in [9.17, 15) is 12.8 Å². The summed E-state index contributed by atoms with van der Waals surface area (Å²) in [6, 6.07) is 9.98. The Hall–Kier alpha value is -2.51. The Kier molecular flexibility index (Phi) is 7.51. The molecule has 1 aliphatic rings. The van der Waals surface area contributed by atoms with Gasteiger partial charge >= 0.3 is 0 Å². The maximum Gasteiger partial charge on any atom is 0.264 e. The number of hydrogen-bond donors (Lipinski definition) is 0. The second-order valence-corrected chi connectivity index (χ2v) is 10.3. The van der Waals surface area contributed by atoms with Gasteiger partial charge in [-0.05, 0) is 73.9 Å². The van der Waals surface area contributed by atoms with Crippen LogP contribution in [0.5, 0.6) is 5.75 Å². The molecule has 0 bridgehead atoms. The molecule has 2 aromatic rings. The molecule has 8 heteroatoms. The van der Waals surface area contributed by atoms with Gasteiger partial charge in [0.05, 0.1) is 10.6 Å². The summed E-state index contributed by atoms with van der Waals surface area (Å²) in [4.78, 5) is 0.0392. The first kappa shape index (κ1) is 24.1. The van der Waals surface area contributed by atoms with Gasteiger partial charge in [0.15, 0.2) is 0 Å². The second-order valence-electron chi connectivity index (χ2n) is 8.02. The number of rotatable bonds is 8. The molecule has 0 saturated carbocycles. The standard InChI is InChI=1S/C24H27ClFNO4S/c1-16(2)14-27(24-13-19(25)5-10-23(24)26)32(28,29)21-8-6-20(7-9-21)31-15-22-17(3)11-12-30-18(22)4/h5-11,13,16H,12,14-15H2,1-4H3. The molecule has 1 heterocycles. The Balaban J connectivity index is 1.85.